The van der Waals surface area contributed by atoms with Crippen LogP contribution in [0, 0.1) is 20.8 Å². The summed E-state index contributed by atoms with van der Waals surface area (Å²) in [7, 11) is 0. The van der Waals surface area contributed by atoms with E-state index >= 15 is 0 Å². The van der Waals surface area contributed by atoms with E-state index in [1.54, 1.807) is 30.3 Å². The van der Waals surface area contributed by atoms with Gasteiger partial charge in [0, 0.05) is 10.0 Å². The van der Waals surface area contributed by atoms with Gasteiger partial charge in [-0.1, -0.05) is 51.8 Å². The van der Waals surface area contributed by atoms with E-state index in [0.29, 0.717) is 21.3 Å². The van der Waals surface area contributed by atoms with Gasteiger partial charge in [-0.3, -0.25) is 4.79 Å². The molecule has 0 bridgehead atoms. The Morgan fingerprint density at radius 2 is 1.67 bits per heavy atom. The number of ether oxygens (including phenoxy) is 2. The molecule has 0 atom stereocenters. The summed E-state index contributed by atoms with van der Waals surface area (Å²) in [5, 5.41) is 4.00. The molecule has 3 aromatic rings. The molecule has 0 radical (unpaired) electrons. The first-order valence-corrected chi connectivity index (χ1v) is 11.6. The van der Waals surface area contributed by atoms with Crippen molar-refractivity contribution >= 4 is 50.0 Å². The first-order valence-electron chi connectivity index (χ1n) is 10.0. The van der Waals surface area contributed by atoms with E-state index in [-0.39, 0.29) is 12.4 Å². The predicted octanol–water partition coefficient (Wildman–Crippen LogP) is 5.89. The minimum atomic E-state index is -0.498. The predicted molar refractivity (Wildman–Crippen MR) is 135 cm³/mol. The summed E-state index contributed by atoms with van der Waals surface area (Å²) in [6, 6.07) is 16.4. The molecule has 6 nitrogen and oxygen atoms in total. The Morgan fingerprint density at radius 1 is 0.970 bits per heavy atom. The molecule has 3 rings (SSSR count). The number of esters is 1. The Kier molecular flexibility index (Phi) is 8.41. The number of carbonyl (C=O) groups excluding carboxylic acids is 2. The molecule has 0 heterocycles. The maximum absolute atomic E-state index is 12.6. The lowest BCUT2D eigenvalue weighted by Gasteiger charge is -2.11. The zero-order valence-electron chi connectivity index (χ0n) is 18.3. The highest BCUT2D eigenvalue weighted by Gasteiger charge is 2.15. The fraction of sp³-hybridized carbons (Fsp3) is 0.160. The zero-order valence-corrected chi connectivity index (χ0v) is 21.5. The zero-order chi connectivity index (χ0) is 24.0. The number of hydrogen-bond acceptors (Lipinski definition) is 5. The second kappa shape index (κ2) is 11.2. The van der Waals surface area contributed by atoms with Crippen LogP contribution in [0.3, 0.4) is 0 Å². The molecule has 0 fully saturated rings. The number of para-hydroxylation sites is 1. The molecule has 0 aromatic heterocycles. The van der Waals surface area contributed by atoms with E-state index in [9.17, 15) is 9.59 Å². The Bertz CT molecular complexity index is 1200. The lowest BCUT2D eigenvalue weighted by Crippen LogP contribution is -2.25. The molecular formula is C25H22Br2N2O4. The summed E-state index contributed by atoms with van der Waals surface area (Å²) in [6.07, 6.45) is 1.41. The average molecular weight is 574 g/mol. The van der Waals surface area contributed by atoms with E-state index in [0.717, 1.165) is 21.2 Å². The third-order valence-electron chi connectivity index (χ3n) is 4.63. The van der Waals surface area contributed by atoms with Crippen molar-refractivity contribution in [2.45, 2.75) is 20.8 Å². The highest BCUT2D eigenvalue weighted by atomic mass is 79.9. The number of benzene rings is 3. The minimum absolute atomic E-state index is 0.180. The second-order valence-electron chi connectivity index (χ2n) is 7.37. The summed E-state index contributed by atoms with van der Waals surface area (Å²) in [5.74, 6) is 0.0519. The van der Waals surface area contributed by atoms with Gasteiger partial charge in [-0.25, -0.2) is 10.2 Å². The van der Waals surface area contributed by atoms with Crippen LogP contribution in [0.1, 0.15) is 32.6 Å². The molecule has 0 unspecified atom stereocenters. The third-order valence-corrected chi connectivity index (χ3v) is 5.68. The van der Waals surface area contributed by atoms with Crippen LogP contribution < -0.4 is 14.9 Å². The van der Waals surface area contributed by atoms with Crippen molar-refractivity contribution in [3.05, 3.63) is 91.4 Å². The normalized spacial score (nSPS) is 10.8. The number of nitrogens with one attached hydrogen (secondary N) is 1. The van der Waals surface area contributed by atoms with Crippen LogP contribution in [0.4, 0.5) is 0 Å². The van der Waals surface area contributed by atoms with Gasteiger partial charge in [0.05, 0.1) is 16.3 Å². The van der Waals surface area contributed by atoms with Crippen molar-refractivity contribution in [3.63, 3.8) is 0 Å². The van der Waals surface area contributed by atoms with Crippen molar-refractivity contribution in [2.24, 2.45) is 5.10 Å². The number of hydrazone groups is 1. The summed E-state index contributed by atoms with van der Waals surface area (Å²) >= 11 is 6.84. The van der Waals surface area contributed by atoms with Crippen molar-refractivity contribution in [3.8, 4) is 11.5 Å². The topological polar surface area (TPSA) is 77.0 Å². The average Bonchev–Trinajstić information content (AvgIpc) is 2.75. The monoisotopic (exact) mass is 572 g/mol. The molecule has 33 heavy (non-hydrogen) atoms. The van der Waals surface area contributed by atoms with Crippen molar-refractivity contribution in [2.75, 3.05) is 6.61 Å². The Labute approximate surface area is 209 Å². The maximum Gasteiger partial charge on any atom is 0.343 e. The lowest BCUT2D eigenvalue weighted by molar-refractivity contribution is -0.123. The fourth-order valence-corrected chi connectivity index (χ4v) is 4.42. The van der Waals surface area contributed by atoms with Gasteiger partial charge in [-0.15, -0.1) is 0 Å². The Morgan fingerprint density at radius 3 is 2.36 bits per heavy atom. The summed E-state index contributed by atoms with van der Waals surface area (Å²) in [4.78, 5) is 24.8. The first kappa shape index (κ1) is 24.7. The molecule has 0 aliphatic rings. The quantitative estimate of drug-likeness (QED) is 0.166. The van der Waals surface area contributed by atoms with E-state index in [4.69, 9.17) is 9.47 Å². The smallest absolute Gasteiger partial charge is 0.343 e. The second-order valence-corrected chi connectivity index (χ2v) is 9.14. The Balaban J connectivity index is 1.69. The maximum atomic E-state index is 12.6. The number of carbonyl (C=O) groups is 2. The molecule has 0 saturated heterocycles. The molecule has 0 spiro atoms. The van der Waals surface area contributed by atoms with Crippen LogP contribution in [0.15, 0.2) is 68.6 Å². The van der Waals surface area contributed by atoms with Crippen molar-refractivity contribution < 1.29 is 19.1 Å². The van der Waals surface area contributed by atoms with Gasteiger partial charge in [0.25, 0.3) is 5.91 Å². The summed E-state index contributed by atoms with van der Waals surface area (Å²) in [6.45, 7) is 5.56. The molecule has 1 N–H and O–H groups in total. The van der Waals surface area contributed by atoms with Gasteiger partial charge in [0.1, 0.15) is 5.75 Å². The van der Waals surface area contributed by atoms with Crippen LogP contribution in [0.5, 0.6) is 11.5 Å². The van der Waals surface area contributed by atoms with Gasteiger partial charge >= 0.3 is 5.97 Å². The standard InChI is InChI=1S/C25H22Br2N2O4/c1-15-6-4-9-18(10-15)25(31)33-24-19(11-20(26)12-21(24)27)13-28-29-22(30)14-32-23-16(2)7-5-8-17(23)3/h4-13H,14H2,1-3H3,(H,29,30). The molecular weight excluding hydrogens is 552 g/mol. The van der Waals surface area contributed by atoms with E-state index in [1.165, 1.54) is 6.21 Å². The molecule has 8 heteroatoms. The minimum Gasteiger partial charge on any atom is -0.483 e. The molecule has 0 aliphatic carbocycles. The van der Waals surface area contributed by atoms with Gasteiger partial charge < -0.3 is 9.47 Å². The SMILES string of the molecule is Cc1cccc(C(=O)Oc2c(Br)cc(Br)cc2C=NNC(=O)COc2c(C)cccc2C)c1. The van der Waals surface area contributed by atoms with Crippen molar-refractivity contribution in [1.29, 1.82) is 0 Å². The van der Waals surface area contributed by atoms with Crippen LogP contribution in [0.2, 0.25) is 0 Å². The highest BCUT2D eigenvalue weighted by molar-refractivity contribution is 9.11. The van der Waals surface area contributed by atoms with Crippen LogP contribution in [-0.4, -0.2) is 24.7 Å². The third kappa shape index (κ3) is 6.76. The van der Waals surface area contributed by atoms with Crippen LogP contribution >= 0.6 is 31.9 Å². The van der Waals surface area contributed by atoms with Gasteiger partial charge in [-0.05, 0) is 72.1 Å². The van der Waals surface area contributed by atoms with E-state index in [2.05, 4.69) is 42.4 Å². The molecule has 170 valence electrons. The lowest BCUT2D eigenvalue weighted by atomic mass is 10.1. The van der Waals surface area contributed by atoms with Crippen LogP contribution in [0.25, 0.3) is 0 Å². The number of nitrogens with zero attached hydrogens (tertiary/aromatic N) is 1. The Hall–Kier alpha value is -2.97. The van der Waals surface area contributed by atoms with E-state index < -0.39 is 11.9 Å². The number of rotatable bonds is 7. The van der Waals surface area contributed by atoms with Crippen molar-refractivity contribution in [1.82, 2.24) is 5.43 Å². The van der Waals surface area contributed by atoms with Gasteiger partial charge in [0.2, 0.25) is 0 Å². The number of amides is 1. The number of hydrogen-bond donors (Lipinski definition) is 1. The molecule has 3 aromatic carbocycles. The van der Waals surface area contributed by atoms with Crippen LogP contribution in [-0.2, 0) is 4.79 Å². The molecule has 0 saturated carbocycles. The molecule has 0 aliphatic heterocycles. The largest absolute Gasteiger partial charge is 0.483 e. The van der Waals surface area contributed by atoms with Gasteiger partial charge in [0.15, 0.2) is 12.4 Å². The van der Waals surface area contributed by atoms with Gasteiger partial charge in [-0.2, -0.15) is 5.10 Å². The first-order chi connectivity index (χ1) is 15.7. The van der Waals surface area contributed by atoms with E-state index in [1.807, 2.05) is 45.0 Å². The molecule has 1 amide bonds. The number of aryl methyl sites for hydroxylation is 3. The number of halogens is 2. The summed E-state index contributed by atoms with van der Waals surface area (Å²) in [5.41, 5.74) is 6.21. The highest BCUT2D eigenvalue weighted by Crippen LogP contribution is 2.32. The fourth-order valence-electron chi connectivity index (χ4n) is 3.08. The summed E-state index contributed by atoms with van der Waals surface area (Å²) < 4.78 is 12.6.